The first-order chi connectivity index (χ1) is 16.2. The van der Waals surface area contributed by atoms with Crippen LogP contribution in [0.3, 0.4) is 0 Å². The van der Waals surface area contributed by atoms with E-state index in [4.69, 9.17) is 0 Å². The molecule has 3 heterocycles. The molecule has 7 heteroatoms. The Morgan fingerprint density at radius 1 is 1.15 bits per heavy atom. The van der Waals surface area contributed by atoms with Crippen LogP contribution in [-0.4, -0.2) is 58.9 Å². The first-order valence-electron chi connectivity index (χ1n) is 12.3. The van der Waals surface area contributed by atoms with E-state index in [9.17, 15) is 9.59 Å². The number of fused-ring (bicyclic) bond motifs is 2. The molecule has 1 saturated heterocycles. The Morgan fingerprint density at radius 3 is 2.79 bits per heavy atom. The van der Waals surface area contributed by atoms with Crippen LogP contribution in [0, 0.1) is 5.92 Å². The van der Waals surface area contributed by atoms with Crippen LogP contribution in [0.2, 0.25) is 0 Å². The summed E-state index contributed by atoms with van der Waals surface area (Å²) < 4.78 is 0. The van der Waals surface area contributed by atoms with E-state index in [1.54, 1.807) is 23.2 Å². The molecule has 0 radical (unpaired) electrons. The van der Waals surface area contributed by atoms with Gasteiger partial charge >= 0.3 is 6.03 Å². The average Bonchev–Trinajstić information content (AvgIpc) is 3.52. The Morgan fingerprint density at radius 2 is 1.97 bits per heavy atom. The van der Waals surface area contributed by atoms with Gasteiger partial charge in [0.05, 0.1) is 16.9 Å². The van der Waals surface area contributed by atoms with Gasteiger partial charge < -0.3 is 15.1 Å². The molecule has 1 atom stereocenters. The number of amides is 3. The van der Waals surface area contributed by atoms with Crippen molar-refractivity contribution in [1.82, 2.24) is 14.8 Å². The molecule has 1 aliphatic carbocycles. The zero-order chi connectivity index (χ0) is 22.8. The summed E-state index contributed by atoms with van der Waals surface area (Å²) in [5.41, 5.74) is 1.70. The Hall–Kier alpha value is -2.93. The molecule has 1 aromatic heterocycles. The van der Waals surface area contributed by atoms with E-state index in [0.29, 0.717) is 28.7 Å². The SMILES string of the molecule is CCN(CCC1CCN(C(=O)N2c3ccccc3NC(=O)c3cccnc32)C1)C1CCCC1. The fourth-order valence-electron chi connectivity index (χ4n) is 5.62. The molecule has 1 N–H and O–H groups in total. The molecule has 174 valence electrons. The molecule has 1 aromatic carbocycles. The number of likely N-dealkylation sites (tertiary alicyclic amines) is 1. The maximum Gasteiger partial charge on any atom is 0.330 e. The summed E-state index contributed by atoms with van der Waals surface area (Å²) in [6, 6.07) is 11.5. The molecular weight excluding hydrogens is 414 g/mol. The van der Waals surface area contributed by atoms with Gasteiger partial charge in [0.1, 0.15) is 0 Å². The van der Waals surface area contributed by atoms with E-state index in [1.165, 1.54) is 25.7 Å². The molecule has 0 bridgehead atoms. The van der Waals surface area contributed by atoms with Crippen molar-refractivity contribution in [1.29, 1.82) is 0 Å². The number of carbonyl (C=O) groups is 2. The van der Waals surface area contributed by atoms with Crippen molar-refractivity contribution in [2.45, 2.75) is 51.5 Å². The number of nitrogens with one attached hydrogen (secondary N) is 1. The van der Waals surface area contributed by atoms with E-state index in [2.05, 4.69) is 22.1 Å². The van der Waals surface area contributed by atoms with Gasteiger partial charge in [-0.1, -0.05) is 31.9 Å². The van der Waals surface area contributed by atoms with E-state index in [-0.39, 0.29) is 11.9 Å². The van der Waals surface area contributed by atoms with Gasteiger partial charge in [-0.15, -0.1) is 0 Å². The normalized spacial score (nSPS) is 20.5. The van der Waals surface area contributed by atoms with Crippen molar-refractivity contribution in [2.24, 2.45) is 5.92 Å². The van der Waals surface area contributed by atoms with Crippen molar-refractivity contribution in [3.05, 3.63) is 48.2 Å². The summed E-state index contributed by atoms with van der Waals surface area (Å²) in [4.78, 5) is 37.2. The summed E-state index contributed by atoms with van der Waals surface area (Å²) >= 11 is 0. The summed E-state index contributed by atoms with van der Waals surface area (Å²) in [5, 5.41) is 2.93. The first kappa shape index (κ1) is 21.9. The van der Waals surface area contributed by atoms with Gasteiger partial charge in [0, 0.05) is 25.3 Å². The quantitative estimate of drug-likeness (QED) is 0.709. The number of rotatable bonds is 5. The van der Waals surface area contributed by atoms with Crippen LogP contribution in [0.4, 0.5) is 22.0 Å². The highest BCUT2D eigenvalue weighted by Gasteiger charge is 2.36. The third kappa shape index (κ3) is 4.34. The predicted octanol–water partition coefficient (Wildman–Crippen LogP) is 4.88. The number of nitrogens with zero attached hydrogens (tertiary/aromatic N) is 4. The van der Waals surface area contributed by atoms with Crippen LogP contribution in [0.25, 0.3) is 0 Å². The lowest BCUT2D eigenvalue weighted by molar-refractivity contribution is 0.102. The largest absolute Gasteiger partial charge is 0.330 e. The minimum absolute atomic E-state index is 0.107. The molecule has 1 saturated carbocycles. The standard InChI is InChI=1S/C26H33N5O2/c1-2-29(20-8-3-4-9-20)16-13-19-14-17-30(18-19)26(33)31-23-12-6-5-11-22(23)28-25(32)21-10-7-15-27-24(21)31/h5-7,10-12,15,19-20H,2-4,8-9,13-14,16-18H2,1H3,(H,28,32). The number of hydrogen-bond acceptors (Lipinski definition) is 4. The highest BCUT2D eigenvalue weighted by molar-refractivity contribution is 6.16. The lowest BCUT2D eigenvalue weighted by atomic mass is 10.0. The van der Waals surface area contributed by atoms with Crippen molar-refractivity contribution in [3.8, 4) is 0 Å². The van der Waals surface area contributed by atoms with E-state index >= 15 is 0 Å². The van der Waals surface area contributed by atoms with Gasteiger partial charge in [-0.05, 0) is 69.0 Å². The monoisotopic (exact) mass is 447 g/mol. The Bertz CT molecular complexity index is 1020. The zero-order valence-corrected chi connectivity index (χ0v) is 19.4. The van der Waals surface area contributed by atoms with Crippen LogP contribution >= 0.6 is 0 Å². The second kappa shape index (κ2) is 9.51. The van der Waals surface area contributed by atoms with E-state index < -0.39 is 0 Å². The molecule has 1 unspecified atom stereocenters. The number of aromatic nitrogens is 1. The molecule has 3 aliphatic rings. The highest BCUT2D eigenvalue weighted by atomic mass is 16.2. The molecule has 7 nitrogen and oxygen atoms in total. The third-order valence-corrected chi connectivity index (χ3v) is 7.46. The smallest absolute Gasteiger partial charge is 0.324 e. The minimum atomic E-state index is -0.244. The third-order valence-electron chi connectivity index (χ3n) is 7.46. The van der Waals surface area contributed by atoms with Crippen molar-refractivity contribution in [3.63, 3.8) is 0 Å². The Labute approximate surface area is 195 Å². The fraction of sp³-hybridized carbons (Fsp3) is 0.500. The van der Waals surface area contributed by atoms with Gasteiger partial charge in [-0.3, -0.25) is 4.79 Å². The second-order valence-corrected chi connectivity index (χ2v) is 9.42. The zero-order valence-electron chi connectivity index (χ0n) is 19.4. The summed E-state index contributed by atoms with van der Waals surface area (Å²) in [6.45, 7) is 5.97. The maximum absolute atomic E-state index is 13.8. The first-order valence-corrected chi connectivity index (χ1v) is 12.3. The van der Waals surface area contributed by atoms with Crippen LogP contribution in [0.5, 0.6) is 0 Å². The van der Waals surface area contributed by atoms with Crippen molar-refractivity contribution >= 4 is 29.1 Å². The number of anilines is 3. The maximum atomic E-state index is 13.8. The lowest BCUT2D eigenvalue weighted by Crippen LogP contribution is -2.40. The van der Waals surface area contributed by atoms with Gasteiger partial charge in [0.2, 0.25) is 0 Å². The molecule has 2 aromatic rings. The topological polar surface area (TPSA) is 68.8 Å². The molecule has 5 rings (SSSR count). The van der Waals surface area contributed by atoms with Gasteiger partial charge in [0.15, 0.2) is 5.82 Å². The second-order valence-electron chi connectivity index (χ2n) is 9.42. The fourth-order valence-corrected chi connectivity index (χ4v) is 5.62. The number of pyridine rings is 1. The molecule has 2 fully saturated rings. The van der Waals surface area contributed by atoms with Crippen LogP contribution in [0.15, 0.2) is 42.6 Å². The van der Waals surface area contributed by atoms with E-state index in [1.807, 2.05) is 29.2 Å². The molecule has 0 spiro atoms. The van der Waals surface area contributed by atoms with Gasteiger partial charge in [0.25, 0.3) is 5.91 Å². The van der Waals surface area contributed by atoms with Crippen LogP contribution in [0.1, 0.15) is 55.8 Å². The van der Waals surface area contributed by atoms with Gasteiger partial charge in [-0.2, -0.15) is 0 Å². The number of carbonyl (C=O) groups excluding carboxylic acids is 2. The number of urea groups is 1. The van der Waals surface area contributed by atoms with Crippen LogP contribution in [-0.2, 0) is 0 Å². The highest BCUT2D eigenvalue weighted by Crippen LogP contribution is 2.38. The Kier molecular flexibility index (Phi) is 6.31. The van der Waals surface area contributed by atoms with Gasteiger partial charge in [-0.25, -0.2) is 14.7 Å². The lowest BCUT2D eigenvalue weighted by Gasteiger charge is -2.29. The number of para-hydroxylation sites is 2. The number of benzene rings is 1. The predicted molar refractivity (Wildman–Crippen MR) is 130 cm³/mol. The minimum Gasteiger partial charge on any atom is -0.324 e. The average molecular weight is 448 g/mol. The molecule has 33 heavy (non-hydrogen) atoms. The van der Waals surface area contributed by atoms with Crippen molar-refractivity contribution < 1.29 is 9.59 Å². The molecular formula is C26H33N5O2. The molecule has 3 amide bonds. The summed E-state index contributed by atoms with van der Waals surface area (Å²) in [5.74, 6) is 0.660. The van der Waals surface area contributed by atoms with Crippen LogP contribution < -0.4 is 10.2 Å². The van der Waals surface area contributed by atoms with E-state index in [0.717, 1.165) is 45.1 Å². The summed E-state index contributed by atoms with van der Waals surface area (Å²) in [7, 11) is 0. The molecule has 2 aliphatic heterocycles. The van der Waals surface area contributed by atoms with Crippen molar-refractivity contribution in [2.75, 3.05) is 36.4 Å². The summed E-state index contributed by atoms with van der Waals surface area (Å²) in [6.07, 6.45) is 9.16. The Balaban J connectivity index is 1.32. The number of hydrogen-bond donors (Lipinski definition) is 1.